The summed E-state index contributed by atoms with van der Waals surface area (Å²) in [5.41, 5.74) is -0.103. The molecule has 0 saturated carbocycles. The zero-order chi connectivity index (χ0) is 17.8. The third kappa shape index (κ3) is 3.94. The van der Waals surface area contributed by atoms with Crippen molar-refractivity contribution in [2.45, 2.75) is 36.3 Å². The van der Waals surface area contributed by atoms with Crippen LogP contribution in [0.2, 0.25) is 0 Å². The summed E-state index contributed by atoms with van der Waals surface area (Å²) in [6.07, 6.45) is 1.21. The predicted octanol–water partition coefficient (Wildman–Crippen LogP) is 0.541. The molecule has 0 aromatic heterocycles. The van der Waals surface area contributed by atoms with Gasteiger partial charge in [-0.2, -0.15) is 0 Å². The first-order chi connectivity index (χ1) is 11.3. The number of nitrogens with one attached hydrogen (secondary N) is 3. The second-order valence-electron chi connectivity index (χ2n) is 5.92. The molecule has 1 fully saturated rings. The lowest BCUT2D eigenvalue weighted by Crippen LogP contribution is -2.54. The zero-order valence-electron chi connectivity index (χ0n) is 14.3. The van der Waals surface area contributed by atoms with Crippen molar-refractivity contribution in [1.82, 2.24) is 15.4 Å². The maximum absolute atomic E-state index is 12.7. The van der Waals surface area contributed by atoms with Crippen LogP contribution in [-0.4, -0.2) is 47.2 Å². The van der Waals surface area contributed by atoms with Gasteiger partial charge in [-0.3, -0.25) is 4.79 Å². The highest BCUT2D eigenvalue weighted by atomic mass is 32.2. The van der Waals surface area contributed by atoms with E-state index in [1.807, 2.05) is 6.92 Å². The average molecular weight is 355 g/mol. The van der Waals surface area contributed by atoms with Crippen LogP contribution in [0.4, 0.5) is 0 Å². The standard InChI is InChI=1S/C16H25N3O4S/c1-12(13-5-4-6-14(11-13)24(21,22)17-2)19-15(20)16(23-3)7-9-18-10-8-16/h4-6,11-12,17-18H,7-10H2,1-3H3,(H,19,20). The molecule has 3 N–H and O–H groups in total. The molecule has 1 aromatic carbocycles. The first-order valence-corrected chi connectivity index (χ1v) is 9.43. The maximum Gasteiger partial charge on any atom is 0.252 e. The van der Waals surface area contributed by atoms with E-state index in [1.165, 1.54) is 13.1 Å². The van der Waals surface area contributed by atoms with Gasteiger partial charge in [0.15, 0.2) is 0 Å². The number of carbonyl (C=O) groups is 1. The number of ether oxygens (including phenoxy) is 1. The highest BCUT2D eigenvalue weighted by Gasteiger charge is 2.40. The fourth-order valence-electron chi connectivity index (χ4n) is 2.83. The first-order valence-electron chi connectivity index (χ1n) is 7.95. The molecule has 1 heterocycles. The lowest BCUT2D eigenvalue weighted by Gasteiger charge is -2.35. The van der Waals surface area contributed by atoms with Gasteiger partial charge in [0.1, 0.15) is 5.60 Å². The summed E-state index contributed by atoms with van der Waals surface area (Å²) in [6.45, 7) is 3.28. The van der Waals surface area contributed by atoms with Gasteiger partial charge in [-0.05, 0) is 57.6 Å². The van der Waals surface area contributed by atoms with Crippen molar-refractivity contribution in [1.29, 1.82) is 0 Å². The van der Waals surface area contributed by atoms with Gasteiger partial charge in [0, 0.05) is 7.11 Å². The van der Waals surface area contributed by atoms with Crippen molar-refractivity contribution in [2.75, 3.05) is 27.2 Å². The second-order valence-corrected chi connectivity index (χ2v) is 7.81. The number of methoxy groups -OCH3 is 1. The Kier molecular flexibility index (Phi) is 5.97. The van der Waals surface area contributed by atoms with E-state index in [-0.39, 0.29) is 16.8 Å². The Morgan fingerprint density at radius 3 is 2.58 bits per heavy atom. The van der Waals surface area contributed by atoms with E-state index < -0.39 is 15.6 Å². The second kappa shape index (κ2) is 7.60. The van der Waals surface area contributed by atoms with Crippen LogP contribution in [0.1, 0.15) is 31.4 Å². The SMILES string of the molecule is CNS(=O)(=O)c1cccc(C(C)NC(=O)C2(OC)CCNCC2)c1. The number of sulfonamides is 1. The molecule has 24 heavy (non-hydrogen) atoms. The van der Waals surface area contributed by atoms with Gasteiger partial charge < -0.3 is 15.4 Å². The largest absolute Gasteiger partial charge is 0.368 e. The lowest BCUT2D eigenvalue weighted by atomic mass is 9.90. The van der Waals surface area contributed by atoms with E-state index >= 15 is 0 Å². The number of carbonyl (C=O) groups excluding carboxylic acids is 1. The Bertz CT molecular complexity index is 684. The third-order valence-electron chi connectivity index (χ3n) is 4.50. The third-order valence-corrected chi connectivity index (χ3v) is 5.91. The maximum atomic E-state index is 12.7. The molecule has 1 atom stereocenters. The predicted molar refractivity (Wildman–Crippen MR) is 91.1 cm³/mol. The molecule has 0 spiro atoms. The van der Waals surface area contributed by atoms with Gasteiger partial charge in [-0.15, -0.1) is 0 Å². The quantitative estimate of drug-likeness (QED) is 0.692. The summed E-state index contributed by atoms with van der Waals surface area (Å²) in [6, 6.07) is 6.22. The van der Waals surface area contributed by atoms with Crippen molar-refractivity contribution in [3.05, 3.63) is 29.8 Å². The van der Waals surface area contributed by atoms with Crippen molar-refractivity contribution in [2.24, 2.45) is 0 Å². The summed E-state index contributed by atoms with van der Waals surface area (Å²) < 4.78 is 31.6. The Morgan fingerprint density at radius 1 is 1.33 bits per heavy atom. The van der Waals surface area contributed by atoms with E-state index in [2.05, 4.69) is 15.4 Å². The molecule has 7 nitrogen and oxygen atoms in total. The van der Waals surface area contributed by atoms with E-state index in [9.17, 15) is 13.2 Å². The van der Waals surface area contributed by atoms with Crippen LogP contribution < -0.4 is 15.4 Å². The lowest BCUT2D eigenvalue weighted by molar-refractivity contribution is -0.147. The fourth-order valence-corrected chi connectivity index (χ4v) is 3.62. The normalized spacial score (nSPS) is 18.8. The minimum absolute atomic E-state index is 0.166. The monoisotopic (exact) mass is 355 g/mol. The molecule has 0 bridgehead atoms. The number of piperidine rings is 1. The van der Waals surface area contributed by atoms with E-state index in [1.54, 1.807) is 25.3 Å². The van der Waals surface area contributed by atoms with Gasteiger partial charge in [-0.25, -0.2) is 13.1 Å². The van der Waals surface area contributed by atoms with Crippen LogP contribution in [0, 0.1) is 0 Å². The molecule has 2 rings (SSSR count). The van der Waals surface area contributed by atoms with Crippen molar-refractivity contribution >= 4 is 15.9 Å². The Balaban J connectivity index is 2.16. The van der Waals surface area contributed by atoms with Crippen LogP contribution in [-0.2, 0) is 19.6 Å². The molecular formula is C16H25N3O4S. The minimum Gasteiger partial charge on any atom is -0.368 e. The van der Waals surface area contributed by atoms with Gasteiger partial charge in [0.25, 0.3) is 5.91 Å². The molecular weight excluding hydrogens is 330 g/mol. The van der Waals surface area contributed by atoms with Crippen LogP contribution >= 0.6 is 0 Å². The van der Waals surface area contributed by atoms with Gasteiger partial charge >= 0.3 is 0 Å². The number of rotatable bonds is 6. The van der Waals surface area contributed by atoms with Crippen molar-refractivity contribution < 1.29 is 17.9 Å². The summed E-state index contributed by atoms with van der Waals surface area (Å²) >= 11 is 0. The molecule has 1 saturated heterocycles. The van der Waals surface area contributed by atoms with Crippen molar-refractivity contribution in [3.8, 4) is 0 Å². The van der Waals surface area contributed by atoms with Crippen LogP contribution in [0.15, 0.2) is 29.2 Å². The van der Waals surface area contributed by atoms with Gasteiger partial charge in [0.05, 0.1) is 10.9 Å². The Morgan fingerprint density at radius 2 is 2.00 bits per heavy atom. The Labute approximate surface area is 143 Å². The molecule has 0 aliphatic carbocycles. The Hall–Kier alpha value is -1.48. The smallest absolute Gasteiger partial charge is 0.252 e. The average Bonchev–Trinajstić information content (AvgIpc) is 2.62. The molecule has 134 valence electrons. The molecule has 1 aliphatic heterocycles. The summed E-state index contributed by atoms with van der Waals surface area (Å²) in [5, 5.41) is 6.16. The number of hydrogen-bond acceptors (Lipinski definition) is 5. The highest BCUT2D eigenvalue weighted by Crippen LogP contribution is 2.25. The first kappa shape index (κ1) is 18.9. The number of amides is 1. The summed E-state index contributed by atoms with van der Waals surface area (Å²) in [5.74, 6) is -0.166. The van der Waals surface area contributed by atoms with E-state index in [0.717, 1.165) is 18.7 Å². The molecule has 1 aromatic rings. The van der Waals surface area contributed by atoms with Crippen LogP contribution in [0.5, 0.6) is 0 Å². The fraction of sp³-hybridized carbons (Fsp3) is 0.562. The van der Waals surface area contributed by atoms with Crippen LogP contribution in [0.25, 0.3) is 0 Å². The number of benzene rings is 1. The van der Waals surface area contributed by atoms with E-state index in [0.29, 0.717) is 12.8 Å². The van der Waals surface area contributed by atoms with Gasteiger partial charge in [-0.1, -0.05) is 12.1 Å². The topological polar surface area (TPSA) is 96.5 Å². The zero-order valence-corrected chi connectivity index (χ0v) is 15.1. The number of hydrogen-bond donors (Lipinski definition) is 3. The molecule has 1 aliphatic rings. The van der Waals surface area contributed by atoms with E-state index in [4.69, 9.17) is 4.74 Å². The molecule has 1 amide bonds. The molecule has 1 unspecified atom stereocenters. The van der Waals surface area contributed by atoms with Crippen molar-refractivity contribution in [3.63, 3.8) is 0 Å². The molecule has 8 heteroatoms. The van der Waals surface area contributed by atoms with Gasteiger partial charge in [0.2, 0.25) is 10.0 Å². The highest BCUT2D eigenvalue weighted by molar-refractivity contribution is 7.89. The minimum atomic E-state index is -3.52. The van der Waals surface area contributed by atoms with Crippen LogP contribution in [0.3, 0.4) is 0 Å². The summed E-state index contributed by atoms with van der Waals surface area (Å²) in [4.78, 5) is 12.9. The molecule has 0 radical (unpaired) electrons. The summed E-state index contributed by atoms with van der Waals surface area (Å²) in [7, 11) is -0.597.